The highest BCUT2D eigenvalue weighted by Crippen LogP contribution is 2.59. The van der Waals surface area contributed by atoms with Crippen molar-refractivity contribution >= 4 is 28.0 Å². The maximum absolute atomic E-state index is 10.9. The van der Waals surface area contributed by atoms with Crippen LogP contribution >= 0.6 is 0 Å². The van der Waals surface area contributed by atoms with Crippen LogP contribution in [0.1, 0.15) is 91.1 Å². The third-order valence-corrected chi connectivity index (χ3v) is 10.6. The van der Waals surface area contributed by atoms with Crippen LogP contribution < -0.4 is 4.90 Å². The van der Waals surface area contributed by atoms with Gasteiger partial charge in [-0.1, -0.05) is 181 Å². The van der Waals surface area contributed by atoms with Gasteiger partial charge in [0.15, 0.2) is 0 Å². The summed E-state index contributed by atoms with van der Waals surface area (Å²) in [5.74, 6) is 0. The molecule has 2 aliphatic rings. The van der Waals surface area contributed by atoms with Crippen molar-refractivity contribution in [1.82, 2.24) is 0 Å². The van der Waals surface area contributed by atoms with Crippen LogP contribution in [0.5, 0.6) is 0 Å². The second-order valence-electron chi connectivity index (χ2n) is 13.4. The van der Waals surface area contributed by atoms with Crippen LogP contribution in [0.2, 0.25) is 0 Å². The minimum atomic E-state index is -3.42. The van der Waals surface area contributed by atoms with Gasteiger partial charge in [0, 0.05) is 28.5 Å². The second-order valence-corrected chi connectivity index (χ2v) is 13.4. The van der Waals surface area contributed by atoms with Gasteiger partial charge >= 0.3 is 0 Å². The van der Waals surface area contributed by atoms with Crippen molar-refractivity contribution in [3.05, 3.63) is 280 Å². The molecule has 10 aromatic rings. The van der Waals surface area contributed by atoms with Gasteiger partial charge < -0.3 is 9.32 Å². The lowest BCUT2D eigenvalue weighted by Crippen LogP contribution is -2.29. The van der Waals surface area contributed by atoms with Gasteiger partial charge in [0.2, 0.25) is 0 Å². The average molecular weight is 800 g/mol. The molecule has 0 saturated carbocycles. The predicted octanol–water partition coefficient (Wildman–Crippen LogP) is 14.6. The van der Waals surface area contributed by atoms with Gasteiger partial charge in [-0.25, -0.2) is 0 Å². The molecule has 282 valence electrons. The molecule has 0 spiro atoms. The van der Waals surface area contributed by atoms with Crippen LogP contribution in [0.25, 0.3) is 33.2 Å². The normalized spacial score (nSPS) is 21.9. The largest absolute Gasteiger partial charge is 0.464 e. The van der Waals surface area contributed by atoms with Gasteiger partial charge in [0.1, 0.15) is 5.58 Å². The van der Waals surface area contributed by atoms with Crippen molar-refractivity contribution in [2.45, 2.75) is 10.8 Å². The Morgan fingerprint density at radius 2 is 0.767 bits per heavy atom. The topological polar surface area (TPSA) is 16.4 Å². The molecule has 12 rings (SSSR count). The summed E-state index contributed by atoms with van der Waals surface area (Å²) in [5, 5.41) is 0.309. The second kappa shape index (κ2) is 13.4. The lowest BCUT2D eigenvalue weighted by molar-refractivity contribution is 0.616. The van der Waals surface area contributed by atoms with Gasteiger partial charge in [-0.15, -0.1) is 0 Å². The molecular formula is C58H39NO. The Morgan fingerprint density at radius 3 is 1.22 bits per heavy atom. The van der Waals surface area contributed by atoms with Crippen LogP contribution in [-0.2, 0) is 10.8 Å². The van der Waals surface area contributed by atoms with E-state index in [9.17, 15) is 24.7 Å². The summed E-state index contributed by atoms with van der Waals surface area (Å²) in [6.45, 7) is 0. The minimum Gasteiger partial charge on any atom is -0.464 e. The molecule has 0 amide bonds. The summed E-state index contributed by atoms with van der Waals surface area (Å²) < 4.78 is 327. The van der Waals surface area contributed by atoms with E-state index in [0.29, 0.717) is 10.3 Å². The number of rotatable bonds is 7. The van der Waals surface area contributed by atoms with Crippen molar-refractivity contribution in [3.63, 3.8) is 0 Å². The lowest BCUT2D eigenvalue weighted by Gasteiger charge is -2.36. The number of benzene rings is 9. The van der Waals surface area contributed by atoms with Crippen LogP contribution in [0.15, 0.2) is 240 Å². The van der Waals surface area contributed by atoms with Gasteiger partial charge in [-0.3, -0.25) is 0 Å². The Morgan fingerprint density at radius 1 is 0.367 bits per heavy atom. The fourth-order valence-corrected chi connectivity index (χ4v) is 8.22. The standard InChI is InChI=1S/C58H39NO/c1-5-17-41(18-6-1)57(42-19-7-2-8-20-42)52-27-15-13-25-48(52)50-33-31-45(37-54(50)57)59(47-30-29-40-35-36-60-56(40)39-47)46-32-34-51-49-26-14-16-28-53(49)58(55(51)38-46,43-21-9-3-10-22-43)44-23-11-4-12-24-44/h1-39H/i1D,2D,3D,4D,5D,6D,7D,8D,9D,10D,11D,12D,13D,14D,15D,16D,17D,18D,19D,20D,21D,22D,23D,24D,25D,26D,27D,28D,31D,32D,33D,34D,37D,38D. The molecule has 0 bridgehead atoms. The molecule has 2 aliphatic carbocycles. The number of hydrogen-bond acceptors (Lipinski definition) is 2. The first-order valence-corrected chi connectivity index (χ1v) is 18.0. The molecule has 0 unspecified atom stereocenters. The van der Waals surface area contributed by atoms with Crippen molar-refractivity contribution in [2.75, 3.05) is 4.90 Å². The molecule has 0 fully saturated rings. The van der Waals surface area contributed by atoms with E-state index in [2.05, 4.69) is 0 Å². The molecule has 1 heterocycles. The van der Waals surface area contributed by atoms with E-state index in [1.807, 2.05) is 0 Å². The third kappa shape index (κ3) is 4.82. The Balaban J connectivity index is 1.40. The molecule has 0 radical (unpaired) electrons. The Kier molecular flexibility index (Phi) is 3.26. The smallest absolute Gasteiger partial charge is 0.135 e. The predicted molar refractivity (Wildman–Crippen MR) is 246 cm³/mol. The lowest BCUT2D eigenvalue weighted by atomic mass is 9.67. The van der Waals surface area contributed by atoms with E-state index in [4.69, 9.17) is 26.3 Å². The van der Waals surface area contributed by atoms with Crippen molar-refractivity contribution < 1.29 is 51.0 Å². The third-order valence-electron chi connectivity index (χ3n) is 10.6. The van der Waals surface area contributed by atoms with Gasteiger partial charge in [0.05, 0.1) is 63.7 Å². The summed E-state index contributed by atoms with van der Waals surface area (Å²) in [6, 6.07) is -35.0. The molecule has 60 heavy (non-hydrogen) atoms. The first kappa shape index (κ1) is 14.5. The van der Waals surface area contributed by atoms with E-state index >= 15 is 0 Å². The average Bonchev–Trinajstić information content (AvgIpc) is 1.47. The molecule has 9 aromatic carbocycles. The van der Waals surface area contributed by atoms with E-state index in [-0.39, 0.29) is 5.58 Å². The zero-order valence-corrected chi connectivity index (χ0v) is 30.2. The maximum Gasteiger partial charge on any atom is 0.135 e. The Hall–Kier alpha value is -7.68. The van der Waals surface area contributed by atoms with Crippen LogP contribution in [0.3, 0.4) is 0 Å². The summed E-state index contributed by atoms with van der Waals surface area (Å²) in [4.78, 5) is 0.660. The number of hydrogen-bond donors (Lipinski definition) is 0. The first-order chi connectivity index (χ1) is 43.9. The minimum absolute atomic E-state index is 0.0783. The maximum atomic E-state index is 10.9. The fraction of sp³-hybridized carbons (Fsp3) is 0.0345. The fourth-order valence-electron chi connectivity index (χ4n) is 8.22. The monoisotopic (exact) mass is 800 g/mol. The van der Waals surface area contributed by atoms with Crippen LogP contribution in [0.4, 0.5) is 17.1 Å². The Labute approximate surface area is 398 Å². The highest BCUT2D eigenvalue weighted by atomic mass is 16.3. The molecule has 0 aliphatic heterocycles. The highest BCUT2D eigenvalue weighted by Gasteiger charge is 2.48. The van der Waals surface area contributed by atoms with Gasteiger partial charge in [-0.05, 0) is 109 Å². The summed E-state index contributed by atoms with van der Waals surface area (Å²) in [7, 11) is 0. The number of fused-ring (bicyclic) bond motifs is 7. The highest BCUT2D eigenvalue weighted by molar-refractivity contribution is 5.93. The summed E-state index contributed by atoms with van der Waals surface area (Å²) in [5.41, 5.74) is -21.6. The van der Waals surface area contributed by atoms with Gasteiger partial charge in [-0.2, -0.15) is 0 Å². The zero-order chi connectivity index (χ0) is 69.3. The summed E-state index contributed by atoms with van der Waals surface area (Å²) in [6.07, 6.45) is 1.21. The van der Waals surface area contributed by atoms with Gasteiger partial charge in [0.25, 0.3) is 0 Å². The first-order valence-electron chi connectivity index (χ1n) is 35.0. The SMILES string of the molecule is [2H]c1c([2H])c([2H])c(C2(c3c([2H])c([2H])c([2H])c([2H])c3[2H])c3c([2H])c([2H])c([2H])c([2H])c3-c3c([2H])c([2H])c(N(c4ccc5ccoc5c4)c4c([2H])c([2H])c5c(c4[2H])C(c4c([2H])c([2H])c([2H])c([2H])c4[2H])(c4c([2H])c([2H])c([2H])c([2H])c4[2H])c4c([2H])c([2H])c([2H])c([2H])c4-5)c([2H])c32)c([2H])c1[2H]. The van der Waals surface area contributed by atoms with Crippen LogP contribution in [0, 0.1) is 0 Å². The van der Waals surface area contributed by atoms with E-state index in [1.165, 1.54) is 24.5 Å². The number of furan rings is 1. The zero-order valence-electron chi connectivity index (χ0n) is 64.2. The van der Waals surface area contributed by atoms with E-state index in [0.717, 1.165) is 6.07 Å². The quantitative estimate of drug-likeness (QED) is 0.160. The molecule has 0 atom stereocenters. The number of anilines is 3. The molecule has 2 heteroatoms. The molecule has 0 saturated heterocycles. The van der Waals surface area contributed by atoms with Crippen molar-refractivity contribution in [2.24, 2.45) is 0 Å². The molecular weight excluding hydrogens is 727 g/mol. The van der Waals surface area contributed by atoms with E-state index in [1.54, 1.807) is 0 Å². The van der Waals surface area contributed by atoms with Crippen LogP contribution in [-0.4, -0.2) is 0 Å². The molecule has 0 N–H and O–H groups in total. The Bertz CT molecular complexity index is 4690. The van der Waals surface area contributed by atoms with Crippen molar-refractivity contribution in [3.8, 4) is 22.3 Å². The van der Waals surface area contributed by atoms with Crippen molar-refractivity contribution in [1.29, 1.82) is 0 Å². The summed E-state index contributed by atoms with van der Waals surface area (Å²) >= 11 is 0. The molecule has 1 aromatic heterocycles. The van der Waals surface area contributed by atoms with E-state index < -0.39 is 300 Å². The molecule has 2 nitrogen and oxygen atoms in total. The number of nitrogens with zero attached hydrogens (tertiary/aromatic N) is 1.